The summed E-state index contributed by atoms with van der Waals surface area (Å²) >= 11 is 0. The molecule has 1 atom stereocenters. The number of nitrogens with zero attached hydrogens (tertiary/aromatic N) is 2. The van der Waals surface area contributed by atoms with Gasteiger partial charge in [-0.2, -0.15) is 4.98 Å². The molecule has 2 aliphatic rings. The summed E-state index contributed by atoms with van der Waals surface area (Å²) in [4.78, 5) is 16.3. The molecule has 0 spiro atoms. The molecule has 1 aliphatic carbocycles. The zero-order valence-electron chi connectivity index (χ0n) is 11.0. The lowest BCUT2D eigenvalue weighted by Crippen LogP contribution is -2.23. The topological polar surface area (TPSA) is 79.9 Å². The molecular formula is C13H20N4O2. The Morgan fingerprint density at radius 1 is 1.26 bits per heavy atom. The molecule has 1 unspecified atom stereocenters. The first-order valence-corrected chi connectivity index (χ1v) is 7.14. The quantitative estimate of drug-likeness (QED) is 0.872. The average Bonchev–Trinajstić information content (AvgIpc) is 3.11. The van der Waals surface area contributed by atoms with Gasteiger partial charge in [-0.1, -0.05) is 19.3 Å². The van der Waals surface area contributed by atoms with E-state index in [0.29, 0.717) is 25.1 Å². The number of carbonyl (C=O) groups excluding carboxylic acids is 1. The molecule has 19 heavy (non-hydrogen) atoms. The molecule has 3 rings (SSSR count). The second-order valence-electron chi connectivity index (χ2n) is 5.43. The predicted octanol–water partition coefficient (Wildman–Crippen LogP) is 1.83. The maximum absolute atomic E-state index is 11.9. The molecule has 1 aliphatic heterocycles. The van der Waals surface area contributed by atoms with Crippen molar-refractivity contribution in [3.63, 3.8) is 0 Å². The predicted molar refractivity (Wildman–Crippen MR) is 69.8 cm³/mol. The third kappa shape index (κ3) is 2.94. The number of anilines is 1. The second kappa shape index (κ2) is 5.69. The fraction of sp³-hybridized carbons (Fsp3) is 0.769. The molecule has 0 radical (unpaired) electrons. The molecule has 0 bridgehead atoms. The Bertz CT molecular complexity index is 434. The van der Waals surface area contributed by atoms with E-state index in [-0.39, 0.29) is 11.8 Å². The average molecular weight is 264 g/mol. The standard InChI is InChI=1S/C13H20N4O2/c18-12(10-6-7-19-8-10)15-13-14-11(16-17-13)9-4-2-1-3-5-9/h9-10H,1-8H2,(H2,14,15,16,17,18). The van der Waals surface area contributed by atoms with Crippen LogP contribution in [0.1, 0.15) is 50.3 Å². The number of aromatic amines is 1. The molecule has 6 heteroatoms. The number of H-pyrrole nitrogens is 1. The lowest BCUT2D eigenvalue weighted by Gasteiger charge is -2.18. The van der Waals surface area contributed by atoms with E-state index >= 15 is 0 Å². The Morgan fingerprint density at radius 2 is 2.11 bits per heavy atom. The third-order valence-corrected chi connectivity index (χ3v) is 4.03. The minimum Gasteiger partial charge on any atom is -0.381 e. The lowest BCUT2D eigenvalue weighted by atomic mass is 9.89. The van der Waals surface area contributed by atoms with Gasteiger partial charge in [0.25, 0.3) is 0 Å². The van der Waals surface area contributed by atoms with Crippen molar-refractivity contribution in [2.24, 2.45) is 5.92 Å². The van der Waals surface area contributed by atoms with Gasteiger partial charge < -0.3 is 4.74 Å². The van der Waals surface area contributed by atoms with Crippen molar-refractivity contribution < 1.29 is 9.53 Å². The summed E-state index contributed by atoms with van der Waals surface area (Å²) in [5.41, 5.74) is 0. The maximum atomic E-state index is 11.9. The Morgan fingerprint density at radius 3 is 2.84 bits per heavy atom. The molecule has 1 saturated carbocycles. The van der Waals surface area contributed by atoms with Crippen LogP contribution in [0.25, 0.3) is 0 Å². The highest BCUT2D eigenvalue weighted by Gasteiger charge is 2.25. The number of carbonyl (C=O) groups is 1. The normalized spacial score (nSPS) is 24.5. The van der Waals surface area contributed by atoms with Gasteiger partial charge >= 0.3 is 0 Å². The molecule has 1 saturated heterocycles. The molecule has 1 amide bonds. The van der Waals surface area contributed by atoms with Gasteiger partial charge in [0.1, 0.15) is 5.82 Å². The number of aromatic nitrogens is 3. The van der Waals surface area contributed by atoms with Gasteiger partial charge in [0.05, 0.1) is 12.5 Å². The highest BCUT2D eigenvalue weighted by atomic mass is 16.5. The van der Waals surface area contributed by atoms with Crippen LogP contribution in [0.2, 0.25) is 0 Å². The van der Waals surface area contributed by atoms with Crippen molar-refractivity contribution in [2.75, 3.05) is 18.5 Å². The van der Waals surface area contributed by atoms with Crippen LogP contribution in [-0.2, 0) is 9.53 Å². The Labute approximate surface area is 112 Å². The number of amides is 1. The molecule has 1 aromatic rings. The highest BCUT2D eigenvalue weighted by molar-refractivity contribution is 5.91. The maximum Gasteiger partial charge on any atom is 0.248 e. The first kappa shape index (κ1) is 12.6. The van der Waals surface area contributed by atoms with Crippen LogP contribution in [0.4, 0.5) is 5.95 Å². The number of hydrogen-bond donors (Lipinski definition) is 2. The molecule has 2 N–H and O–H groups in total. The second-order valence-corrected chi connectivity index (χ2v) is 5.43. The molecule has 104 valence electrons. The van der Waals surface area contributed by atoms with Crippen LogP contribution in [0.5, 0.6) is 0 Å². The summed E-state index contributed by atoms with van der Waals surface area (Å²) in [5, 5.41) is 9.83. The Hall–Kier alpha value is -1.43. The van der Waals surface area contributed by atoms with E-state index in [4.69, 9.17) is 4.74 Å². The van der Waals surface area contributed by atoms with Crippen LogP contribution < -0.4 is 5.32 Å². The molecular weight excluding hydrogens is 244 g/mol. The fourth-order valence-electron chi connectivity index (χ4n) is 2.84. The van der Waals surface area contributed by atoms with E-state index in [2.05, 4.69) is 20.5 Å². The summed E-state index contributed by atoms with van der Waals surface area (Å²) in [7, 11) is 0. The first-order chi connectivity index (χ1) is 9.33. The molecule has 6 nitrogen and oxygen atoms in total. The van der Waals surface area contributed by atoms with Crippen LogP contribution in [0, 0.1) is 5.92 Å². The van der Waals surface area contributed by atoms with Gasteiger partial charge in [0.15, 0.2) is 0 Å². The number of nitrogens with one attached hydrogen (secondary N) is 2. The van der Waals surface area contributed by atoms with Gasteiger partial charge in [-0.05, 0) is 19.3 Å². The summed E-state index contributed by atoms with van der Waals surface area (Å²) in [5.74, 6) is 1.69. The Kier molecular flexibility index (Phi) is 3.77. The molecule has 2 heterocycles. The summed E-state index contributed by atoms with van der Waals surface area (Å²) in [6.07, 6.45) is 6.94. The van der Waals surface area contributed by atoms with Crippen molar-refractivity contribution in [3.8, 4) is 0 Å². The summed E-state index contributed by atoms with van der Waals surface area (Å²) < 4.78 is 5.21. The van der Waals surface area contributed by atoms with Crippen LogP contribution in [0.3, 0.4) is 0 Å². The van der Waals surface area contributed by atoms with Gasteiger partial charge in [-0.15, -0.1) is 5.10 Å². The number of rotatable bonds is 3. The SMILES string of the molecule is O=C(Nc1n[nH]c(C2CCCCC2)n1)C1CCOC1. The highest BCUT2D eigenvalue weighted by Crippen LogP contribution is 2.30. The van der Waals surface area contributed by atoms with E-state index < -0.39 is 0 Å². The van der Waals surface area contributed by atoms with Crippen LogP contribution >= 0.6 is 0 Å². The van der Waals surface area contributed by atoms with Crippen molar-refractivity contribution in [2.45, 2.75) is 44.4 Å². The smallest absolute Gasteiger partial charge is 0.248 e. The largest absolute Gasteiger partial charge is 0.381 e. The van der Waals surface area contributed by atoms with E-state index in [9.17, 15) is 4.79 Å². The zero-order valence-corrected chi connectivity index (χ0v) is 11.0. The summed E-state index contributed by atoms with van der Waals surface area (Å²) in [6.45, 7) is 1.17. The third-order valence-electron chi connectivity index (χ3n) is 4.03. The van der Waals surface area contributed by atoms with Crippen molar-refractivity contribution in [1.82, 2.24) is 15.2 Å². The number of hydrogen-bond acceptors (Lipinski definition) is 4. The van der Waals surface area contributed by atoms with Crippen LogP contribution in [-0.4, -0.2) is 34.3 Å². The van der Waals surface area contributed by atoms with Gasteiger partial charge in [0.2, 0.25) is 11.9 Å². The summed E-state index contributed by atoms with van der Waals surface area (Å²) in [6, 6.07) is 0. The monoisotopic (exact) mass is 264 g/mol. The first-order valence-electron chi connectivity index (χ1n) is 7.14. The minimum absolute atomic E-state index is 0.0355. The lowest BCUT2D eigenvalue weighted by molar-refractivity contribution is -0.119. The van der Waals surface area contributed by atoms with E-state index in [0.717, 1.165) is 12.2 Å². The molecule has 2 fully saturated rings. The zero-order chi connectivity index (χ0) is 13.1. The van der Waals surface area contributed by atoms with Gasteiger partial charge in [0, 0.05) is 12.5 Å². The molecule has 0 aromatic carbocycles. The van der Waals surface area contributed by atoms with Crippen LogP contribution in [0.15, 0.2) is 0 Å². The van der Waals surface area contributed by atoms with E-state index in [1.165, 1.54) is 32.1 Å². The van der Waals surface area contributed by atoms with Gasteiger partial charge in [-0.25, -0.2) is 0 Å². The fourth-order valence-corrected chi connectivity index (χ4v) is 2.84. The minimum atomic E-state index is -0.0587. The van der Waals surface area contributed by atoms with Crippen molar-refractivity contribution in [3.05, 3.63) is 5.82 Å². The van der Waals surface area contributed by atoms with Crippen molar-refractivity contribution >= 4 is 11.9 Å². The Balaban J connectivity index is 1.59. The number of ether oxygens (including phenoxy) is 1. The van der Waals surface area contributed by atoms with E-state index in [1.807, 2.05) is 0 Å². The van der Waals surface area contributed by atoms with E-state index in [1.54, 1.807) is 0 Å². The molecule has 1 aromatic heterocycles. The van der Waals surface area contributed by atoms with Crippen molar-refractivity contribution in [1.29, 1.82) is 0 Å². The van der Waals surface area contributed by atoms with Gasteiger partial charge in [-0.3, -0.25) is 15.2 Å².